The quantitative estimate of drug-likeness (QED) is 0.871. The zero-order chi connectivity index (χ0) is 15.9. The molecule has 0 unspecified atom stereocenters. The Balaban J connectivity index is 1.89. The highest BCUT2D eigenvalue weighted by Crippen LogP contribution is 2.53. The topological polar surface area (TPSA) is 59.2 Å². The number of rotatable bonds is 4. The Kier molecular flexibility index (Phi) is 3.47. The van der Waals surface area contributed by atoms with Gasteiger partial charge in [-0.2, -0.15) is 4.98 Å². The van der Waals surface area contributed by atoms with E-state index < -0.39 is 0 Å². The first-order valence-electron chi connectivity index (χ1n) is 7.24. The molecule has 0 saturated heterocycles. The normalized spacial score (nSPS) is 15.6. The van der Waals surface area contributed by atoms with Gasteiger partial charge in [0.1, 0.15) is 5.82 Å². The van der Waals surface area contributed by atoms with Crippen LogP contribution >= 0.6 is 0 Å². The lowest BCUT2D eigenvalue weighted by atomic mass is 9.91. The molecule has 0 radical (unpaired) electrons. The van der Waals surface area contributed by atoms with Crippen LogP contribution in [0.3, 0.4) is 0 Å². The van der Waals surface area contributed by atoms with Gasteiger partial charge in [-0.25, -0.2) is 4.39 Å². The van der Waals surface area contributed by atoms with Crippen molar-refractivity contribution >= 4 is 5.91 Å². The number of hydrogen-bond donors (Lipinski definition) is 0. The predicted octanol–water partition coefficient (Wildman–Crippen LogP) is 2.58. The third kappa shape index (κ3) is 2.49. The number of hydrogen-bond acceptors (Lipinski definition) is 4. The molecule has 1 amide bonds. The largest absolute Gasteiger partial charge is 0.337 e. The van der Waals surface area contributed by atoms with E-state index in [1.165, 1.54) is 17.9 Å². The summed E-state index contributed by atoms with van der Waals surface area (Å²) in [5.74, 6) is 0.648. The zero-order valence-corrected chi connectivity index (χ0v) is 12.9. The van der Waals surface area contributed by atoms with Gasteiger partial charge in [-0.1, -0.05) is 11.2 Å². The van der Waals surface area contributed by atoms with Gasteiger partial charge in [0.15, 0.2) is 5.82 Å². The zero-order valence-electron chi connectivity index (χ0n) is 12.9. The van der Waals surface area contributed by atoms with Gasteiger partial charge in [-0.3, -0.25) is 4.79 Å². The van der Waals surface area contributed by atoms with Crippen molar-refractivity contribution in [3.63, 3.8) is 0 Å². The molecule has 1 aromatic heterocycles. The van der Waals surface area contributed by atoms with Gasteiger partial charge in [-0.05, 0) is 43.0 Å². The fraction of sp³-hybridized carbons (Fsp3) is 0.438. The third-order valence-corrected chi connectivity index (χ3v) is 4.27. The van der Waals surface area contributed by atoms with Crippen LogP contribution in [-0.4, -0.2) is 28.0 Å². The van der Waals surface area contributed by atoms with Gasteiger partial charge >= 0.3 is 0 Å². The van der Waals surface area contributed by atoms with Crippen LogP contribution in [-0.2, 0) is 16.8 Å². The Morgan fingerprint density at radius 3 is 2.82 bits per heavy atom. The second-order valence-corrected chi connectivity index (χ2v) is 5.93. The highest BCUT2D eigenvalue weighted by molar-refractivity contribution is 5.72. The summed E-state index contributed by atoms with van der Waals surface area (Å²) < 4.78 is 18.8. The van der Waals surface area contributed by atoms with Crippen molar-refractivity contribution in [3.8, 4) is 0 Å². The lowest BCUT2D eigenvalue weighted by molar-refractivity contribution is -0.128. The van der Waals surface area contributed by atoms with E-state index >= 15 is 0 Å². The summed E-state index contributed by atoms with van der Waals surface area (Å²) in [7, 11) is 1.68. The molecule has 1 aliphatic carbocycles. The maximum Gasteiger partial charge on any atom is 0.246 e. The molecule has 1 aliphatic rings. The number of carbonyl (C=O) groups is 1. The van der Waals surface area contributed by atoms with Gasteiger partial charge in [0.25, 0.3) is 0 Å². The SMILES string of the molecule is CC(=O)N(C)Cc1nc(C2(c3cc(F)ccc3C)CC2)no1. The van der Waals surface area contributed by atoms with Crippen LogP contribution in [0.4, 0.5) is 4.39 Å². The first-order chi connectivity index (χ1) is 10.4. The first-order valence-corrected chi connectivity index (χ1v) is 7.24. The van der Waals surface area contributed by atoms with E-state index in [-0.39, 0.29) is 23.7 Å². The maximum atomic E-state index is 13.6. The fourth-order valence-electron chi connectivity index (χ4n) is 2.68. The van der Waals surface area contributed by atoms with Crippen LogP contribution in [0.15, 0.2) is 22.7 Å². The third-order valence-electron chi connectivity index (χ3n) is 4.27. The summed E-state index contributed by atoms with van der Waals surface area (Å²) in [6, 6.07) is 4.79. The summed E-state index contributed by atoms with van der Waals surface area (Å²) in [4.78, 5) is 17.2. The van der Waals surface area contributed by atoms with Crippen LogP contribution in [0.2, 0.25) is 0 Å². The Morgan fingerprint density at radius 1 is 1.45 bits per heavy atom. The highest BCUT2D eigenvalue weighted by Gasteiger charge is 2.50. The van der Waals surface area contributed by atoms with Gasteiger partial charge in [0.2, 0.25) is 11.8 Å². The maximum absolute atomic E-state index is 13.6. The van der Waals surface area contributed by atoms with E-state index in [1.54, 1.807) is 19.2 Å². The number of nitrogens with zero attached hydrogens (tertiary/aromatic N) is 3. The molecule has 3 rings (SSSR count). The number of carbonyl (C=O) groups excluding carboxylic acids is 1. The molecule has 0 N–H and O–H groups in total. The van der Waals surface area contributed by atoms with E-state index in [0.29, 0.717) is 11.7 Å². The van der Waals surface area contributed by atoms with Gasteiger partial charge in [-0.15, -0.1) is 0 Å². The van der Waals surface area contributed by atoms with Crippen molar-refractivity contribution in [3.05, 3.63) is 46.9 Å². The number of benzene rings is 1. The molecule has 5 nitrogen and oxygen atoms in total. The van der Waals surface area contributed by atoms with Crippen LogP contribution in [0.1, 0.15) is 42.6 Å². The minimum Gasteiger partial charge on any atom is -0.337 e. The molecule has 116 valence electrons. The Hall–Kier alpha value is -2.24. The predicted molar refractivity (Wildman–Crippen MR) is 77.6 cm³/mol. The highest BCUT2D eigenvalue weighted by atomic mass is 19.1. The molecule has 1 saturated carbocycles. The van der Waals surface area contributed by atoms with Crippen LogP contribution in [0.25, 0.3) is 0 Å². The summed E-state index contributed by atoms with van der Waals surface area (Å²) in [6.07, 6.45) is 1.75. The molecule has 0 bridgehead atoms. The molecule has 22 heavy (non-hydrogen) atoms. The second-order valence-electron chi connectivity index (χ2n) is 5.93. The molecule has 1 heterocycles. The Labute approximate surface area is 128 Å². The van der Waals surface area contributed by atoms with E-state index in [2.05, 4.69) is 10.1 Å². The summed E-state index contributed by atoms with van der Waals surface area (Å²) in [5, 5.41) is 4.06. The molecule has 1 fully saturated rings. The minimum atomic E-state index is -0.345. The molecule has 1 aromatic carbocycles. The van der Waals surface area contributed by atoms with Gasteiger partial charge < -0.3 is 9.42 Å². The lowest BCUT2D eigenvalue weighted by Gasteiger charge is -2.14. The fourth-order valence-corrected chi connectivity index (χ4v) is 2.68. The van der Waals surface area contributed by atoms with Crippen LogP contribution in [0.5, 0.6) is 0 Å². The molecule has 2 aromatic rings. The molecule has 0 spiro atoms. The summed E-state index contributed by atoms with van der Waals surface area (Å²) in [5.41, 5.74) is 1.59. The molecule has 0 aliphatic heterocycles. The van der Waals surface area contributed by atoms with Crippen molar-refractivity contribution in [1.82, 2.24) is 15.0 Å². The Morgan fingerprint density at radius 2 is 2.18 bits per heavy atom. The summed E-state index contributed by atoms with van der Waals surface area (Å²) >= 11 is 0. The van der Waals surface area contributed by atoms with E-state index in [1.807, 2.05) is 6.92 Å². The first kappa shape index (κ1) is 14.7. The van der Waals surface area contributed by atoms with Crippen LogP contribution < -0.4 is 0 Å². The van der Waals surface area contributed by atoms with E-state index in [4.69, 9.17) is 4.52 Å². The van der Waals surface area contributed by atoms with E-state index in [0.717, 1.165) is 24.0 Å². The standard InChI is InChI=1S/C16H18FN3O2/c1-10-4-5-12(17)8-13(10)16(6-7-16)15-18-14(22-19-15)9-20(3)11(2)21/h4-5,8H,6-7,9H2,1-3H3. The van der Waals surface area contributed by atoms with Crippen molar-refractivity contribution in [1.29, 1.82) is 0 Å². The number of halogens is 1. The second kappa shape index (κ2) is 5.19. The van der Waals surface area contributed by atoms with Gasteiger partial charge in [0, 0.05) is 14.0 Å². The monoisotopic (exact) mass is 303 g/mol. The molecule has 0 atom stereocenters. The van der Waals surface area contributed by atoms with Crippen molar-refractivity contribution in [2.24, 2.45) is 0 Å². The molecular formula is C16H18FN3O2. The van der Waals surface area contributed by atoms with Gasteiger partial charge in [0.05, 0.1) is 12.0 Å². The molecular weight excluding hydrogens is 285 g/mol. The van der Waals surface area contributed by atoms with Crippen molar-refractivity contribution < 1.29 is 13.7 Å². The minimum absolute atomic E-state index is 0.0677. The smallest absolute Gasteiger partial charge is 0.246 e. The number of aryl methyl sites for hydroxylation is 1. The lowest BCUT2D eigenvalue weighted by Crippen LogP contribution is -2.23. The van der Waals surface area contributed by atoms with Crippen molar-refractivity contribution in [2.45, 2.75) is 38.6 Å². The Bertz CT molecular complexity index is 722. The average molecular weight is 303 g/mol. The molecule has 6 heteroatoms. The average Bonchev–Trinajstić information content (AvgIpc) is 3.15. The van der Waals surface area contributed by atoms with Crippen molar-refractivity contribution in [2.75, 3.05) is 7.05 Å². The van der Waals surface area contributed by atoms with Crippen LogP contribution in [0, 0.1) is 12.7 Å². The van der Waals surface area contributed by atoms with E-state index in [9.17, 15) is 9.18 Å². The number of amides is 1. The number of aromatic nitrogens is 2. The summed E-state index contributed by atoms with van der Waals surface area (Å²) in [6.45, 7) is 3.72.